The monoisotopic (exact) mass is 307 g/mol. The van der Waals surface area contributed by atoms with Gasteiger partial charge in [0.05, 0.1) is 5.75 Å². The topological polar surface area (TPSA) is 84.2 Å². The highest BCUT2D eigenvalue weighted by atomic mass is 32.2. The summed E-state index contributed by atoms with van der Waals surface area (Å²) >= 11 is 1.15. The van der Waals surface area contributed by atoms with Crippen molar-refractivity contribution in [3.05, 3.63) is 24.3 Å². The van der Waals surface area contributed by atoms with Gasteiger partial charge in [0.15, 0.2) is 5.58 Å². The molecule has 0 saturated heterocycles. The summed E-state index contributed by atoms with van der Waals surface area (Å²) in [6.07, 6.45) is 0.805. The molecule has 2 aromatic rings. The van der Waals surface area contributed by atoms with Crippen molar-refractivity contribution in [2.24, 2.45) is 0 Å². The van der Waals surface area contributed by atoms with Crippen LogP contribution in [-0.2, 0) is 4.79 Å². The first-order valence-corrected chi connectivity index (χ1v) is 7.65. The predicted molar refractivity (Wildman–Crippen MR) is 81.2 cm³/mol. The number of nitrogens with zero attached hydrogens (tertiary/aromatic N) is 1. The van der Waals surface area contributed by atoms with Gasteiger partial charge in [0.2, 0.25) is 5.91 Å². The molecule has 3 amide bonds. The number of fused-ring (bicyclic) bond motifs is 1. The Morgan fingerprint density at radius 1 is 1.38 bits per heavy atom. The maximum atomic E-state index is 11.6. The molecule has 0 aliphatic heterocycles. The smallest absolute Gasteiger partial charge is 0.321 e. The highest BCUT2D eigenvalue weighted by Crippen LogP contribution is 2.22. The first-order valence-electron chi connectivity index (χ1n) is 6.67. The Kier molecular flexibility index (Phi) is 5.21. The molecule has 112 valence electrons. The summed E-state index contributed by atoms with van der Waals surface area (Å²) < 4.78 is 5.48. The summed E-state index contributed by atoms with van der Waals surface area (Å²) in [4.78, 5) is 27.4. The second-order valence-electron chi connectivity index (χ2n) is 4.57. The van der Waals surface area contributed by atoms with Gasteiger partial charge in [0, 0.05) is 6.04 Å². The Hall–Kier alpha value is -2.02. The molecule has 1 atom stereocenters. The molecule has 0 aliphatic carbocycles. The average molecular weight is 307 g/mol. The fraction of sp³-hybridized carbons (Fsp3) is 0.357. The molecule has 2 N–H and O–H groups in total. The Bertz CT molecular complexity index is 608. The molecular formula is C14H17N3O3S. The van der Waals surface area contributed by atoms with Crippen LogP contribution in [0.3, 0.4) is 0 Å². The third-order valence-corrected chi connectivity index (χ3v) is 3.67. The van der Waals surface area contributed by atoms with Gasteiger partial charge in [0.25, 0.3) is 5.22 Å². The number of carbonyl (C=O) groups is 2. The van der Waals surface area contributed by atoms with Gasteiger partial charge in [0.1, 0.15) is 5.52 Å². The maximum Gasteiger partial charge on any atom is 0.321 e. The van der Waals surface area contributed by atoms with Gasteiger partial charge in [-0.15, -0.1) is 0 Å². The number of hydrogen-bond donors (Lipinski definition) is 2. The molecular weight excluding hydrogens is 290 g/mol. The van der Waals surface area contributed by atoms with Crippen LogP contribution in [0.2, 0.25) is 0 Å². The lowest BCUT2D eigenvalue weighted by Gasteiger charge is -2.11. The third-order valence-electron chi connectivity index (χ3n) is 2.84. The van der Waals surface area contributed by atoms with Crippen LogP contribution < -0.4 is 10.6 Å². The first kappa shape index (κ1) is 15.4. The summed E-state index contributed by atoms with van der Waals surface area (Å²) in [5.41, 5.74) is 1.42. The Labute approximate surface area is 126 Å². The van der Waals surface area contributed by atoms with E-state index in [-0.39, 0.29) is 17.7 Å². The van der Waals surface area contributed by atoms with Crippen molar-refractivity contribution in [1.29, 1.82) is 0 Å². The third kappa shape index (κ3) is 4.49. The van der Waals surface area contributed by atoms with E-state index >= 15 is 0 Å². The molecule has 7 heteroatoms. The summed E-state index contributed by atoms with van der Waals surface area (Å²) in [5, 5.41) is 5.34. The highest BCUT2D eigenvalue weighted by molar-refractivity contribution is 7.99. The maximum absolute atomic E-state index is 11.6. The minimum atomic E-state index is -0.479. The Morgan fingerprint density at radius 3 is 2.86 bits per heavy atom. The van der Waals surface area contributed by atoms with Crippen LogP contribution in [0.25, 0.3) is 11.1 Å². The second kappa shape index (κ2) is 7.12. The zero-order chi connectivity index (χ0) is 15.2. The van der Waals surface area contributed by atoms with Crippen molar-refractivity contribution in [3.63, 3.8) is 0 Å². The van der Waals surface area contributed by atoms with Crippen molar-refractivity contribution in [2.75, 3.05) is 5.75 Å². The van der Waals surface area contributed by atoms with Crippen LogP contribution in [0.15, 0.2) is 33.9 Å². The standard InChI is InChI=1S/C14H17N3O3S/c1-3-9(2)15-13(19)17-12(18)8-21-14-16-10-6-4-5-7-11(10)20-14/h4-7,9H,3,8H2,1-2H3,(H2,15,17,18,19)/t9-/m1/s1. The molecule has 0 fully saturated rings. The lowest BCUT2D eigenvalue weighted by atomic mass is 10.3. The number of urea groups is 1. The SMILES string of the molecule is CC[C@@H](C)NC(=O)NC(=O)CSc1nc2ccccc2o1. The average Bonchev–Trinajstić information content (AvgIpc) is 2.87. The van der Waals surface area contributed by atoms with E-state index in [0.29, 0.717) is 10.8 Å². The minimum absolute atomic E-state index is 0.0301. The van der Waals surface area contributed by atoms with E-state index in [1.54, 1.807) is 0 Å². The number of benzene rings is 1. The van der Waals surface area contributed by atoms with Crippen molar-refractivity contribution in [3.8, 4) is 0 Å². The number of carbonyl (C=O) groups excluding carboxylic acids is 2. The number of aromatic nitrogens is 1. The van der Waals surface area contributed by atoms with Gasteiger partial charge in [-0.1, -0.05) is 30.8 Å². The van der Waals surface area contributed by atoms with Crippen LogP contribution in [0, 0.1) is 0 Å². The van der Waals surface area contributed by atoms with Gasteiger partial charge in [-0.3, -0.25) is 10.1 Å². The molecule has 0 aliphatic rings. The van der Waals surface area contributed by atoms with Gasteiger partial charge in [-0.25, -0.2) is 9.78 Å². The van der Waals surface area contributed by atoms with E-state index in [9.17, 15) is 9.59 Å². The van der Waals surface area contributed by atoms with Gasteiger partial charge in [-0.05, 0) is 25.5 Å². The second-order valence-corrected chi connectivity index (χ2v) is 5.49. The summed E-state index contributed by atoms with van der Waals surface area (Å²) in [7, 11) is 0. The van der Waals surface area contributed by atoms with Crippen molar-refractivity contribution in [2.45, 2.75) is 31.5 Å². The lowest BCUT2D eigenvalue weighted by Crippen LogP contribution is -2.43. The van der Waals surface area contributed by atoms with Crippen molar-refractivity contribution in [1.82, 2.24) is 15.6 Å². The lowest BCUT2D eigenvalue weighted by molar-refractivity contribution is -0.117. The molecule has 2 rings (SSSR count). The van der Waals surface area contributed by atoms with E-state index < -0.39 is 6.03 Å². The molecule has 0 spiro atoms. The summed E-state index contributed by atoms with van der Waals surface area (Å²) in [6.45, 7) is 3.83. The van der Waals surface area contributed by atoms with Crippen LogP contribution in [0.5, 0.6) is 0 Å². The highest BCUT2D eigenvalue weighted by Gasteiger charge is 2.12. The van der Waals surface area contributed by atoms with E-state index in [2.05, 4.69) is 15.6 Å². The van der Waals surface area contributed by atoms with Crippen LogP contribution >= 0.6 is 11.8 Å². The fourth-order valence-electron chi connectivity index (χ4n) is 1.56. The molecule has 1 aromatic heterocycles. The number of oxazole rings is 1. The molecule has 0 saturated carbocycles. The number of hydrogen-bond acceptors (Lipinski definition) is 5. The van der Waals surface area contributed by atoms with E-state index in [0.717, 1.165) is 23.7 Å². The number of nitrogens with one attached hydrogen (secondary N) is 2. The van der Waals surface area contributed by atoms with E-state index in [4.69, 9.17) is 4.42 Å². The largest absolute Gasteiger partial charge is 0.431 e. The minimum Gasteiger partial charge on any atom is -0.431 e. The normalized spacial score (nSPS) is 12.1. The molecule has 0 radical (unpaired) electrons. The van der Waals surface area contributed by atoms with Gasteiger partial charge >= 0.3 is 6.03 Å². The molecule has 6 nitrogen and oxygen atoms in total. The zero-order valence-electron chi connectivity index (χ0n) is 11.9. The van der Waals surface area contributed by atoms with Crippen LogP contribution in [-0.4, -0.2) is 28.7 Å². The van der Waals surface area contributed by atoms with Gasteiger partial charge < -0.3 is 9.73 Å². The van der Waals surface area contributed by atoms with Crippen LogP contribution in [0.1, 0.15) is 20.3 Å². The van der Waals surface area contributed by atoms with E-state index in [1.807, 2.05) is 38.1 Å². The first-order chi connectivity index (χ1) is 10.1. The molecule has 0 bridgehead atoms. The Morgan fingerprint density at radius 2 is 2.14 bits per heavy atom. The number of amides is 3. The summed E-state index contributed by atoms with van der Waals surface area (Å²) in [6, 6.07) is 6.92. The molecule has 1 aromatic carbocycles. The van der Waals surface area contributed by atoms with Crippen molar-refractivity contribution >= 4 is 34.8 Å². The fourth-order valence-corrected chi connectivity index (χ4v) is 2.20. The van der Waals surface area contributed by atoms with Crippen molar-refractivity contribution < 1.29 is 14.0 Å². The zero-order valence-corrected chi connectivity index (χ0v) is 12.7. The molecule has 1 heterocycles. The number of rotatable bonds is 5. The molecule has 0 unspecified atom stereocenters. The van der Waals surface area contributed by atoms with Gasteiger partial charge in [-0.2, -0.15) is 0 Å². The quantitative estimate of drug-likeness (QED) is 0.829. The Balaban J connectivity index is 1.82. The summed E-state index contributed by atoms with van der Waals surface area (Å²) in [5.74, 6) is -0.316. The van der Waals surface area contributed by atoms with Crippen LogP contribution in [0.4, 0.5) is 4.79 Å². The predicted octanol–water partition coefficient (Wildman–Crippen LogP) is 2.54. The number of para-hydroxylation sites is 2. The molecule has 21 heavy (non-hydrogen) atoms. The van der Waals surface area contributed by atoms with E-state index in [1.165, 1.54) is 0 Å². The number of imide groups is 1. The number of thioether (sulfide) groups is 1.